The molecule has 10 heavy (non-hydrogen) atoms. The first-order chi connectivity index (χ1) is 4.56. The largest absolute Gasteiger partial charge is 0.398 e. The lowest BCUT2D eigenvalue weighted by molar-refractivity contribution is -0.105. The minimum Gasteiger partial charge on any atom is -0.392 e. The molecular weight excluding hydrogens is 165 g/mol. The Balaban J connectivity index is 3.28. The van der Waals surface area contributed by atoms with Gasteiger partial charge in [0, 0.05) is 0 Å². The molecule has 0 rings (SSSR count). The average Bonchev–Trinajstić information content (AvgIpc) is 1.78. The number of thioether (sulfide) groups is 1. The van der Waals surface area contributed by atoms with E-state index in [1.54, 1.807) is 0 Å². The third-order valence-electron chi connectivity index (χ3n) is 0.545. The average molecular weight is 172 g/mol. The van der Waals surface area contributed by atoms with E-state index in [4.69, 9.17) is 5.11 Å². The second kappa shape index (κ2) is 4.62. The van der Waals surface area contributed by atoms with Crippen molar-refractivity contribution >= 4 is 11.8 Å². The molecule has 0 spiro atoms. The van der Waals surface area contributed by atoms with Crippen LogP contribution in [0.4, 0.5) is 13.2 Å². The number of hydrogen-bond donors (Lipinski definition) is 1. The summed E-state index contributed by atoms with van der Waals surface area (Å²) in [5.74, 6) is -0.899. The molecule has 0 atom stereocenters. The van der Waals surface area contributed by atoms with Gasteiger partial charge in [0.2, 0.25) is 0 Å². The fourth-order valence-corrected chi connectivity index (χ4v) is 0.761. The standard InChI is InChI=1S/C5H7F3OS/c6-5(7,8)4-10-3-1-2-9/h1,3,9H,2,4H2/b3-1+. The summed E-state index contributed by atoms with van der Waals surface area (Å²) in [6.07, 6.45) is -2.86. The van der Waals surface area contributed by atoms with Crippen LogP contribution in [0.2, 0.25) is 0 Å². The Morgan fingerprint density at radius 3 is 2.40 bits per heavy atom. The van der Waals surface area contributed by atoms with Gasteiger partial charge in [-0.05, 0) is 5.41 Å². The molecule has 0 aromatic carbocycles. The fraction of sp³-hybridized carbons (Fsp3) is 0.600. The quantitative estimate of drug-likeness (QED) is 0.700. The van der Waals surface area contributed by atoms with Crippen molar-refractivity contribution in [2.24, 2.45) is 0 Å². The van der Waals surface area contributed by atoms with Crippen molar-refractivity contribution in [3.8, 4) is 0 Å². The van der Waals surface area contributed by atoms with Gasteiger partial charge in [-0.25, -0.2) is 0 Å². The first kappa shape index (κ1) is 9.84. The molecule has 1 N–H and O–H groups in total. The minimum absolute atomic E-state index is 0.217. The molecule has 5 heteroatoms. The Bertz CT molecular complexity index is 110. The molecule has 0 unspecified atom stereocenters. The van der Waals surface area contributed by atoms with Crippen LogP contribution in [0.5, 0.6) is 0 Å². The highest BCUT2D eigenvalue weighted by atomic mass is 32.2. The van der Waals surface area contributed by atoms with Crippen LogP contribution in [0.15, 0.2) is 11.5 Å². The topological polar surface area (TPSA) is 20.2 Å². The number of rotatable bonds is 3. The molecule has 0 fully saturated rings. The first-order valence-corrected chi connectivity index (χ1v) is 3.55. The summed E-state index contributed by atoms with van der Waals surface area (Å²) in [6, 6.07) is 0. The van der Waals surface area contributed by atoms with Crippen LogP contribution >= 0.6 is 11.8 Å². The molecule has 0 aromatic rings. The Labute approximate surface area is 60.9 Å². The third kappa shape index (κ3) is 7.84. The summed E-state index contributed by atoms with van der Waals surface area (Å²) in [7, 11) is 0. The van der Waals surface area contributed by atoms with Gasteiger partial charge in [-0.3, -0.25) is 0 Å². The first-order valence-electron chi connectivity index (χ1n) is 2.50. The van der Waals surface area contributed by atoms with Crippen LogP contribution in [0.3, 0.4) is 0 Å². The van der Waals surface area contributed by atoms with E-state index in [2.05, 4.69) is 0 Å². The Hall–Kier alpha value is -0.160. The van der Waals surface area contributed by atoms with E-state index < -0.39 is 11.9 Å². The van der Waals surface area contributed by atoms with Gasteiger partial charge >= 0.3 is 6.18 Å². The maximum atomic E-state index is 11.4. The second-order valence-electron chi connectivity index (χ2n) is 1.48. The van der Waals surface area contributed by atoms with Crippen LogP contribution in [-0.2, 0) is 0 Å². The molecule has 0 heterocycles. The van der Waals surface area contributed by atoms with E-state index in [0.29, 0.717) is 11.8 Å². The van der Waals surface area contributed by atoms with E-state index >= 15 is 0 Å². The summed E-state index contributed by atoms with van der Waals surface area (Å²) >= 11 is 0.619. The van der Waals surface area contributed by atoms with Crippen molar-refractivity contribution in [3.63, 3.8) is 0 Å². The zero-order valence-electron chi connectivity index (χ0n) is 5.06. The van der Waals surface area contributed by atoms with Gasteiger partial charge < -0.3 is 5.11 Å². The molecule has 0 saturated heterocycles. The van der Waals surface area contributed by atoms with Crippen molar-refractivity contribution in [3.05, 3.63) is 11.5 Å². The predicted molar refractivity (Wildman–Crippen MR) is 34.7 cm³/mol. The van der Waals surface area contributed by atoms with E-state index in [1.165, 1.54) is 11.5 Å². The van der Waals surface area contributed by atoms with Crippen LogP contribution < -0.4 is 0 Å². The van der Waals surface area contributed by atoms with Gasteiger partial charge in [-0.15, -0.1) is 11.8 Å². The van der Waals surface area contributed by atoms with Crippen LogP contribution in [0, 0.1) is 0 Å². The SMILES string of the molecule is OC/C=C/SCC(F)(F)F. The molecular formula is C5H7F3OS. The van der Waals surface area contributed by atoms with Gasteiger partial charge in [0.05, 0.1) is 12.4 Å². The Morgan fingerprint density at radius 1 is 1.40 bits per heavy atom. The van der Waals surface area contributed by atoms with E-state index in [1.807, 2.05) is 0 Å². The molecule has 1 nitrogen and oxygen atoms in total. The predicted octanol–water partition coefficient (Wildman–Crippen LogP) is 1.79. The zero-order chi connectivity index (χ0) is 8.04. The lowest BCUT2D eigenvalue weighted by Gasteiger charge is -2.00. The summed E-state index contributed by atoms with van der Waals surface area (Å²) in [4.78, 5) is 0. The Kier molecular flexibility index (Phi) is 4.55. The van der Waals surface area contributed by atoms with Crippen LogP contribution in [0.25, 0.3) is 0 Å². The van der Waals surface area contributed by atoms with Crippen molar-refractivity contribution in [1.82, 2.24) is 0 Å². The zero-order valence-corrected chi connectivity index (χ0v) is 5.87. The van der Waals surface area contributed by atoms with Crippen molar-refractivity contribution in [2.75, 3.05) is 12.4 Å². The lowest BCUT2D eigenvalue weighted by Crippen LogP contribution is -2.09. The number of aliphatic hydroxyl groups is 1. The molecule has 0 aromatic heterocycles. The number of halogens is 3. The molecule has 0 aliphatic carbocycles. The monoisotopic (exact) mass is 172 g/mol. The highest BCUT2D eigenvalue weighted by molar-refractivity contribution is 8.02. The molecule has 0 bridgehead atoms. The second-order valence-corrected chi connectivity index (χ2v) is 2.37. The van der Waals surface area contributed by atoms with Crippen LogP contribution in [-0.4, -0.2) is 23.6 Å². The molecule has 0 aliphatic rings. The molecule has 0 saturated carbocycles. The van der Waals surface area contributed by atoms with Gasteiger partial charge in [0.25, 0.3) is 0 Å². The van der Waals surface area contributed by atoms with Crippen molar-refractivity contribution in [2.45, 2.75) is 6.18 Å². The number of aliphatic hydroxyl groups excluding tert-OH is 1. The van der Waals surface area contributed by atoms with E-state index in [9.17, 15) is 13.2 Å². The summed E-state index contributed by atoms with van der Waals surface area (Å²) in [6.45, 7) is -0.217. The molecule has 0 radical (unpaired) electrons. The lowest BCUT2D eigenvalue weighted by atomic mass is 10.7. The maximum Gasteiger partial charge on any atom is 0.398 e. The molecule has 0 amide bonds. The van der Waals surface area contributed by atoms with Gasteiger partial charge in [0.1, 0.15) is 0 Å². The number of hydrogen-bond acceptors (Lipinski definition) is 2. The van der Waals surface area contributed by atoms with E-state index in [-0.39, 0.29) is 6.61 Å². The Morgan fingerprint density at radius 2 is 2.00 bits per heavy atom. The smallest absolute Gasteiger partial charge is 0.392 e. The minimum atomic E-state index is -4.12. The fourth-order valence-electron chi connectivity index (χ4n) is 0.254. The number of alkyl halides is 3. The molecule has 0 aliphatic heterocycles. The summed E-state index contributed by atoms with van der Waals surface area (Å²) in [5, 5.41) is 9.34. The highest BCUT2D eigenvalue weighted by Crippen LogP contribution is 2.21. The maximum absolute atomic E-state index is 11.4. The van der Waals surface area contributed by atoms with Gasteiger partial charge in [-0.1, -0.05) is 6.08 Å². The van der Waals surface area contributed by atoms with Gasteiger partial charge in [-0.2, -0.15) is 13.2 Å². The van der Waals surface area contributed by atoms with E-state index in [0.717, 1.165) is 0 Å². The third-order valence-corrected chi connectivity index (χ3v) is 1.42. The van der Waals surface area contributed by atoms with Crippen LogP contribution in [0.1, 0.15) is 0 Å². The normalized spacial score (nSPS) is 12.8. The molecule has 60 valence electrons. The van der Waals surface area contributed by atoms with Gasteiger partial charge in [0.15, 0.2) is 0 Å². The highest BCUT2D eigenvalue weighted by Gasteiger charge is 2.25. The van der Waals surface area contributed by atoms with Crippen molar-refractivity contribution < 1.29 is 18.3 Å². The summed E-state index contributed by atoms with van der Waals surface area (Å²) < 4.78 is 34.1. The summed E-state index contributed by atoms with van der Waals surface area (Å²) in [5.41, 5.74) is 0. The van der Waals surface area contributed by atoms with Crippen molar-refractivity contribution in [1.29, 1.82) is 0 Å².